The van der Waals surface area contributed by atoms with Crippen molar-refractivity contribution in [1.82, 2.24) is 0 Å². The van der Waals surface area contributed by atoms with Crippen LogP contribution >= 0.6 is 22.6 Å². The second-order valence-corrected chi connectivity index (χ2v) is 34.3. The van der Waals surface area contributed by atoms with Gasteiger partial charge in [-0.25, -0.2) is 0 Å². The van der Waals surface area contributed by atoms with Gasteiger partial charge in [0.1, 0.15) is 5.60 Å². The van der Waals surface area contributed by atoms with Gasteiger partial charge in [-0.15, -0.1) is 0 Å². The van der Waals surface area contributed by atoms with Crippen LogP contribution in [0.5, 0.6) is 0 Å². The Morgan fingerprint density at radius 3 is 1.83 bits per heavy atom. The van der Waals surface area contributed by atoms with Crippen LogP contribution < -0.4 is 0 Å². The summed E-state index contributed by atoms with van der Waals surface area (Å²) < 4.78 is 23.1. The maximum atomic E-state index is 13.4. The first-order valence-electron chi connectivity index (χ1n) is 18.2. The standard InChI is InChI=1S/C38H75IO4Si3/c1-19-46(20-2,21-3)41-33(37(13,14)25-24-31(6)39)23-22-29(4)26-32-34(42-44(15,16)35(7,8)9)30(5)27-38(32,28-40)43-45(17,18)36(10,11)12/h24,26,28,30,32-34H,19-23,25,27H2,1-18H3/b29-26+,31-24+/t30-,32-,33?,34+,38-/m0/s1. The fourth-order valence-electron chi connectivity index (χ4n) is 6.41. The molecule has 4 nitrogen and oxygen atoms in total. The van der Waals surface area contributed by atoms with E-state index >= 15 is 0 Å². The summed E-state index contributed by atoms with van der Waals surface area (Å²) in [5.74, 6) is 0.109. The van der Waals surface area contributed by atoms with Crippen molar-refractivity contribution in [2.75, 3.05) is 0 Å². The van der Waals surface area contributed by atoms with Crippen molar-refractivity contribution in [1.29, 1.82) is 0 Å². The number of allylic oxidation sites excluding steroid dienone is 3. The lowest BCUT2D eigenvalue weighted by molar-refractivity contribution is -0.125. The maximum Gasteiger partial charge on any atom is 0.193 e. The Hall–Kier alpha value is 0.411. The molecule has 0 bridgehead atoms. The summed E-state index contributed by atoms with van der Waals surface area (Å²) in [4.78, 5) is 13.4. The fraction of sp³-hybridized carbons (Fsp3) is 0.868. The van der Waals surface area contributed by atoms with Crippen molar-refractivity contribution in [3.8, 4) is 0 Å². The van der Waals surface area contributed by atoms with E-state index in [1.807, 2.05) is 0 Å². The van der Waals surface area contributed by atoms with Gasteiger partial charge in [-0.05, 0) is 131 Å². The molecule has 0 N–H and O–H groups in total. The van der Waals surface area contributed by atoms with E-state index in [1.54, 1.807) is 0 Å². The first-order chi connectivity index (χ1) is 20.7. The molecule has 0 aromatic heterocycles. The second-order valence-electron chi connectivity index (χ2n) is 18.4. The molecule has 1 rings (SSSR count). The molecule has 0 aliphatic heterocycles. The van der Waals surface area contributed by atoms with Crippen LogP contribution in [0, 0.1) is 17.3 Å². The molecule has 1 aliphatic carbocycles. The van der Waals surface area contributed by atoms with E-state index in [1.165, 1.54) is 9.15 Å². The van der Waals surface area contributed by atoms with Crippen molar-refractivity contribution in [3.63, 3.8) is 0 Å². The van der Waals surface area contributed by atoms with Gasteiger partial charge in [-0.2, -0.15) is 0 Å². The Morgan fingerprint density at radius 2 is 1.41 bits per heavy atom. The van der Waals surface area contributed by atoms with E-state index < -0.39 is 30.6 Å². The van der Waals surface area contributed by atoms with Crippen LogP contribution in [0.25, 0.3) is 0 Å². The van der Waals surface area contributed by atoms with Crippen molar-refractivity contribution < 1.29 is 18.1 Å². The fourth-order valence-corrected chi connectivity index (χ4v) is 12.6. The lowest BCUT2D eigenvalue weighted by Gasteiger charge is -2.45. The highest BCUT2D eigenvalue weighted by atomic mass is 127. The quantitative estimate of drug-likeness (QED) is 0.0636. The van der Waals surface area contributed by atoms with Gasteiger partial charge in [0, 0.05) is 5.92 Å². The molecule has 1 saturated carbocycles. The van der Waals surface area contributed by atoms with Gasteiger partial charge in [-0.3, -0.25) is 0 Å². The molecule has 0 radical (unpaired) electrons. The summed E-state index contributed by atoms with van der Waals surface area (Å²) in [6.45, 7) is 41.4. The van der Waals surface area contributed by atoms with Gasteiger partial charge in [0.05, 0.1) is 12.2 Å². The highest BCUT2D eigenvalue weighted by molar-refractivity contribution is 14.1. The zero-order valence-electron chi connectivity index (χ0n) is 33.5. The molecule has 0 aromatic carbocycles. The number of hydrogen-bond donors (Lipinski definition) is 0. The summed E-state index contributed by atoms with van der Waals surface area (Å²) >= 11 is 2.43. The monoisotopic (exact) mass is 806 g/mol. The molecule has 1 aliphatic rings. The largest absolute Gasteiger partial charge is 0.413 e. The van der Waals surface area contributed by atoms with Crippen LogP contribution in [0.4, 0.5) is 0 Å². The second kappa shape index (κ2) is 16.6. The van der Waals surface area contributed by atoms with Crippen LogP contribution in [-0.2, 0) is 18.1 Å². The third kappa shape index (κ3) is 11.2. The minimum Gasteiger partial charge on any atom is -0.413 e. The Morgan fingerprint density at radius 1 is 0.913 bits per heavy atom. The Labute approximate surface area is 303 Å². The normalized spacial score (nSPS) is 25.2. The molecule has 0 heterocycles. The lowest BCUT2D eigenvalue weighted by Crippen LogP contribution is -2.54. The predicted octanol–water partition coefficient (Wildman–Crippen LogP) is 12.9. The van der Waals surface area contributed by atoms with Gasteiger partial charge in [0.2, 0.25) is 0 Å². The highest BCUT2D eigenvalue weighted by Crippen LogP contribution is 2.51. The SMILES string of the molecule is CC[Si](CC)(CC)OC(CC/C(C)=C/[C@H]1[C@H](O[Si](C)(C)C(C)(C)C)[C@@H](C)C[C@@]1(C=O)O[Si](C)(C)C(C)(C)C)C(C)(C)C/C=C(\C)I. The average Bonchev–Trinajstić information content (AvgIpc) is 3.15. The van der Waals surface area contributed by atoms with Crippen molar-refractivity contribution in [2.45, 2.75) is 195 Å². The van der Waals surface area contributed by atoms with Crippen LogP contribution in [0.15, 0.2) is 21.3 Å². The Balaban J connectivity index is 3.66. The molecule has 0 saturated heterocycles. The number of rotatable bonds is 17. The zero-order chi connectivity index (χ0) is 36.2. The molecule has 270 valence electrons. The third-order valence-corrected chi connectivity index (χ3v) is 26.2. The van der Waals surface area contributed by atoms with E-state index in [0.717, 1.165) is 43.7 Å². The van der Waals surface area contributed by atoms with Crippen LogP contribution in [-0.4, -0.2) is 49.0 Å². The minimum absolute atomic E-state index is 0.00302. The molecule has 1 unspecified atom stereocenters. The molecular formula is C38H75IO4Si3. The summed E-state index contributed by atoms with van der Waals surface area (Å²) in [6, 6.07) is 3.46. The van der Waals surface area contributed by atoms with Gasteiger partial charge < -0.3 is 18.1 Å². The van der Waals surface area contributed by atoms with E-state index in [9.17, 15) is 4.79 Å². The molecule has 0 aromatic rings. The Bertz CT molecular complexity index is 1040. The molecule has 1 fully saturated rings. The third-order valence-electron chi connectivity index (χ3n) is 12.2. The van der Waals surface area contributed by atoms with Crippen LogP contribution in [0.3, 0.4) is 0 Å². The van der Waals surface area contributed by atoms with E-state index in [0.29, 0.717) is 6.42 Å². The molecule has 0 spiro atoms. The number of carbonyl (C=O) groups excluding carboxylic acids is 1. The number of aldehydes is 1. The summed E-state index contributed by atoms with van der Waals surface area (Å²) in [7, 11) is -6.17. The van der Waals surface area contributed by atoms with Crippen molar-refractivity contribution in [3.05, 3.63) is 21.3 Å². The lowest BCUT2D eigenvalue weighted by atomic mass is 9.80. The summed E-state index contributed by atoms with van der Waals surface area (Å²) in [6.07, 6.45) is 9.68. The van der Waals surface area contributed by atoms with Gasteiger partial charge in [0.25, 0.3) is 0 Å². The molecule has 46 heavy (non-hydrogen) atoms. The van der Waals surface area contributed by atoms with Gasteiger partial charge >= 0.3 is 0 Å². The number of hydrogen-bond acceptors (Lipinski definition) is 4. The zero-order valence-corrected chi connectivity index (χ0v) is 38.7. The van der Waals surface area contributed by atoms with E-state index in [4.69, 9.17) is 13.3 Å². The highest BCUT2D eigenvalue weighted by Gasteiger charge is 2.58. The molecular weight excluding hydrogens is 732 g/mol. The van der Waals surface area contributed by atoms with Gasteiger partial charge in [-0.1, -0.05) is 101 Å². The van der Waals surface area contributed by atoms with Crippen LogP contribution in [0.2, 0.25) is 54.4 Å². The minimum atomic E-state index is -2.26. The smallest absolute Gasteiger partial charge is 0.193 e. The van der Waals surface area contributed by atoms with E-state index in [2.05, 4.69) is 158 Å². The average molecular weight is 807 g/mol. The summed E-state index contributed by atoms with van der Waals surface area (Å²) in [5.41, 5.74) is 0.469. The van der Waals surface area contributed by atoms with Crippen molar-refractivity contribution in [2.24, 2.45) is 17.3 Å². The Kier molecular flexibility index (Phi) is 16.1. The number of halogens is 1. The first-order valence-corrected chi connectivity index (χ1v) is 27.6. The first kappa shape index (κ1) is 44.4. The topological polar surface area (TPSA) is 44.8 Å². The van der Waals surface area contributed by atoms with Crippen molar-refractivity contribution >= 4 is 53.8 Å². The van der Waals surface area contributed by atoms with Gasteiger partial charge in [0.15, 0.2) is 31.2 Å². The molecule has 5 atom stereocenters. The van der Waals surface area contributed by atoms with E-state index in [-0.39, 0.29) is 39.5 Å². The summed E-state index contributed by atoms with van der Waals surface area (Å²) in [5, 5.41) is 0.0842. The molecule has 8 heteroatoms. The predicted molar refractivity (Wildman–Crippen MR) is 218 cm³/mol. The maximum absolute atomic E-state index is 13.4. The number of carbonyl (C=O) groups is 1. The van der Waals surface area contributed by atoms with Crippen LogP contribution in [0.1, 0.15) is 123 Å². The molecule has 0 amide bonds.